The third-order valence-electron chi connectivity index (χ3n) is 4.55. The standard InChI is InChI=1S/C21H15F3N2O3S2/c22-21(23,24)16(5-7-27)18-11-26-20(31-18)30-13-3-4-14-15(12-2-1-6-25-10-12)9-19(28)29-17(14)8-13/h1-4,6,8-11,16,27H,5,7H2/t16-/m0/s1. The van der Waals surface area contributed by atoms with E-state index in [-0.39, 0.29) is 4.88 Å². The normalized spacial score (nSPS) is 12.9. The Hall–Kier alpha value is -2.69. The van der Waals surface area contributed by atoms with Gasteiger partial charge in [0, 0.05) is 57.5 Å². The zero-order chi connectivity index (χ0) is 22.0. The van der Waals surface area contributed by atoms with Crippen LogP contribution in [0.5, 0.6) is 0 Å². The van der Waals surface area contributed by atoms with E-state index in [0.29, 0.717) is 20.4 Å². The molecule has 0 bridgehead atoms. The van der Waals surface area contributed by atoms with Crippen LogP contribution in [0.15, 0.2) is 73.4 Å². The van der Waals surface area contributed by atoms with Gasteiger partial charge in [0.1, 0.15) is 5.58 Å². The van der Waals surface area contributed by atoms with Crippen LogP contribution in [0.2, 0.25) is 0 Å². The van der Waals surface area contributed by atoms with Crippen LogP contribution in [0, 0.1) is 0 Å². The lowest BCUT2D eigenvalue weighted by Gasteiger charge is -2.17. The van der Waals surface area contributed by atoms with Gasteiger partial charge in [-0.2, -0.15) is 13.2 Å². The van der Waals surface area contributed by atoms with Gasteiger partial charge in [0.15, 0.2) is 4.34 Å². The largest absolute Gasteiger partial charge is 0.423 e. The van der Waals surface area contributed by atoms with Crippen LogP contribution < -0.4 is 5.63 Å². The van der Waals surface area contributed by atoms with Crippen molar-refractivity contribution >= 4 is 34.1 Å². The summed E-state index contributed by atoms with van der Waals surface area (Å²) >= 11 is 2.11. The minimum absolute atomic E-state index is 0.0511. The van der Waals surface area contributed by atoms with E-state index in [1.807, 2.05) is 6.07 Å². The van der Waals surface area contributed by atoms with Crippen LogP contribution in [-0.2, 0) is 0 Å². The molecule has 3 aromatic heterocycles. The molecule has 1 aromatic carbocycles. The second-order valence-corrected chi connectivity index (χ2v) is 9.00. The molecule has 0 fully saturated rings. The van der Waals surface area contributed by atoms with Gasteiger partial charge >= 0.3 is 11.8 Å². The molecule has 1 atom stereocenters. The van der Waals surface area contributed by atoms with Gasteiger partial charge in [-0.15, -0.1) is 11.3 Å². The molecule has 0 saturated carbocycles. The van der Waals surface area contributed by atoms with E-state index in [2.05, 4.69) is 9.97 Å². The van der Waals surface area contributed by atoms with E-state index in [9.17, 15) is 18.0 Å². The molecule has 0 aliphatic rings. The fraction of sp³-hybridized carbons (Fsp3) is 0.190. The molecule has 0 saturated heterocycles. The molecule has 0 spiro atoms. The number of halogens is 3. The third-order valence-corrected chi connectivity index (χ3v) is 6.73. The maximum atomic E-state index is 13.2. The van der Waals surface area contributed by atoms with E-state index in [1.165, 1.54) is 24.0 Å². The number of hydrogen-bond donors (Lipinski definition) is 1. The Bertz CT molecular complexity index is 1260. The van der Waals surface area contributed by atoms with E-state index in [0.717, 1.165) is 22.3 Å². The molecule has 0 aliphatic heterocycles. The number of aromatic nitrogens is 2. The maximum Gasteiger partial charge on any atom is 0.396 e. The summed E-state index contributed by atoms with van der Waals surface area (Å²) in [5.41, 5.74) is 1.31. The molecule has 1 N–H and O–H groups in total. The number of aliphatic hydroxyl groups excluding tert-OH is 1. The number of aliphatic hydroxyl groups is 1. The minimum atomic E-state index is -4.45. The molecular weight excluding hydrogens is 449 g/mol. The van der Waals surface area contributed by atoms with Crippen LogP contribution in [0.3, 0.4) is 0 Å². The first-order valence-electron chi connectivity index (χ1n) is 9.14. The van der Waals surface area contributed by atoms with Crippen molar-refractivity contribution in [2.45, 2.75) is 27.8 Å². The molecular formula is C21H15F3N2O3S2. The number of nitrogens with zero attached hydrogens (tertiary/aromatic N) is 2. The Kier molecular flexibility index (Phi) is 6.12. The summed E-state index contributed by atoms with van der Waals surface area (Å²) in [6, 6.07) is 10.3. The van der Waals surface area contributed by atoms with Crippen molar-refractivity contribution < 1.29 is 22.7 Å². The first-order chi connectivity index (χ1) is 14.8. The highest BCUT2D eigenvalue weighted by molar-refractivity contribution is 8.01. The summed E-state index contributed by atoms with van der Waals surface area (Å²) < 4.78 is 45.5. The molecule has 0 aliphatic carbocycles. The number of alkyl halides is 3. The molecule has 160 valence electrons. The number of rotatable bonds is 6. The Morgan fingerprint density at radius 1 is 1.19 bits per heavy atom. The number of hydrogen-bond acceptors (Lipinski definition) is 7. The van der Waals surface area contributed by atoms with Crippen LogP contribution in [0.25, 0.3) is 22.1 Å². The van der Waals surface area contributed by atoms with E-state index < -0.39 is 30.7 Å². The average molecular weight is 464 g/mol. The molecule has 4 aromatic rings. The van der Waals surface area contributed by atoms with E-state index >= 15 is 0 Å². The van der Waals surface area contributed by atoms with Crippen LogP contribution in [0.4, 0.5) is 13.2 Å². The Labute approximate surface area is 182 Å². The summed E-state index contributed by atoms with van der Waals surface area (Å²) in [5.74, 6) is -1.75. The van der Waals surface area contributed by atoms with Crippen molar-refractivity contribution in [2.24, 2.45) is 0 Å². The highest BCUT2D eigenvalue weighted by Gasteiger charge is 2.41. The average Bonchev–Trinajstić information content (AvgIpc) is 3.18. The van der Waals surface area contributed by atoms with Crippen molar-refractivity contribution in [2.75, 3.05) is 6.61 Å². The molecule has 0 amide bonds. The van der Waals surface area contributed by atoms with Crippen molar-refractivity contribution in [1.29, 1.82) is 0 Å². The summed E-state index contributed by atoms with van der Waals surface area (Å²) in [5, 5.41) is 9.69. The molecule has 31 heavy (non-hydrogen) atoms. The van der Waals surface area contributed by atoms with Crippen molar-refractivity contribution in [1.82, 2.24) is 9.97 Å². The topological polar surface area (TPSA) is 76.2 Å². The lowest BCUT2D eigenvalue weighted by Crippen LogP contribution is -2.21. The number of thiazole rings is 1. The Morgan fingerprint density at radius 3 is 2.74 bits per heavy atom. The van der Waals surface area contributed by atoms with Gasteiger partial charge < -0.3 is 9.52 Å². The fourth-order valence-corrected chi connectivity index (χ4v) is 5.30. The van der Waals surface area contributed by atoms with Gasteiger partial charge in [-0.25, -0.2) is 9.78 Å². The second-order valence-electron chi connectivity index (χ2n) is 6.62. The zero-order valence-electron chi connectivity index (χ0n) is 15.8. The summed E-state index contributed by atoms with van der Waals surface area (Å²) in [4.78, 5) is 20.9. The zero-order valence-corrected chi connectivity index (χ0v) is 17.4. The van der Waals surface area contributed by atoms with Gasteiger partial charge in [-0.1, -0.05) is 17.8 Å². The van der Waals surface area contributed by atoms with Gasteiger partial charge in [0.25, 0.3) is 0 Å². The predicted molar refractivity (Wildman–Crippen MR) is 112 cm³/mol. The SMILES string of the molecule is O=c1cc(-c2cccnc2)c2ccc(Sc3ncc([C@H](CCO)C(F)(F)F)s3)cc2o1. The first kappa shape index (κ1) is 21.5. The summed E-state index contributed by atoms with van der Waals surface area (Å²) in [7, 11) is 0. The molecule has 0 unspecified atom stereocenters. The van der Waals surface area contributed by atoms with Gasteiger partial charge in [-0.05, 0) is 30.7 Å². The Morgan fingerprint density at radius 2 is 2.03 bits per heavy atom. The molecule has 0 radical (unpaired) electrons. The fourth-order valence-electron chi connectivity index (χ4n) is 3.14. The molecule has 5 nitrogen and oxygen atoms in total. The lowest BCUT2D eigenvalue weighted by atomic mass is 10.0. The smallest absolute Gasteiger partial charge is 0.396 e. The van der Waals surface area contributed by atoms with Crippen LogP contribution in [0.1, 0.15) is 17.2 Å². The van der Waals surface area contributed by atoms with Gasteiger partial charge in [-0.3, -0.25) is 4.98 Å². The minimum Gasteiger partial charge on any atom is -0.423 e. The van der Waals surface area contributed by atoms with Crippen molar-refractivity contribution in [3.05, 3.63) is 70.3 Å². The number of benzene rings is 1. The molecule has 4 rings (SSSR count). The van der Waals surface area contributed by atoms with Crippen molar-refractivity contribution in [3.63, 3.8) is 0 Å². The van der Waals surface area contributed by atoms with Crippen LogP contribution in [-0.4, -0.2) is 27.9 Å². The number of pyridine rings is 1. The monoisotopic (exact) mass is 464 g/mol. The first-order valence-corrected chi connectivity index (χ1v) is 10.8. The predicted octanol–water partition coefficient (Wildman–Crippen LogP) is 5.49. The van der Waals surface area contributed by atoms with Crippen molar-refractivity contribution in [3.8, 4) is 11.1 Å². The number of fused-ring (bicyclic) bond motifs is 1. The van der Waals surface area contributed by atoms with Gasteiger partial charge in [0.05, 0.1) is 5.92 Å². The third kappa shape index (κ3) is 4.81. The highest BCUT2D eigenvalue weighted by atomic mass is 32.2. The molecule has 10 heteroatoms. The maximum absolute atomic E-state index is 13.2. The van der Waals surface area contributed by atoms with Gasteiger partial charge in [0.2, 0.25) is 0 Å². The quantitative estimate of drug-likeness (QED) is 0.380. The summed E-state index contributed by atoms with van der Waals surface area (Å²) in [6.07, 6.45) is -0.377. The second kappa shape index (κ2) is 8.81. The highest BCUT2D eigenvalue weighted by Crippen LogP contribution is 2.42. The van der Waals surface area contributed by atoms with E-state index in [4.69, 9.17) is 9.52 Å². The van der Waals surface area contributed by atoms with Crippen LogP contribution >= 0.6 is 23.1 Å². The Balaban J connectivity index is 1.65. The summed E-state index contributed by atoms with van der Waals surface area (Å²) in [6.45, 7) is -0.562. The lowest BCUT2D eigenvalue weighted by molar-refractivity contribution is -0.152. The molecule has 3 heterocycles. The van der Waals surface area contributed by atoms with E-state index in [1.54, 1.807) is 36.7 Å².